The van der Waals surface area contributed by atoms with Crippen molar-refractivity contribution in [3.8, 4) is 0 Å². The lowest BCUT2D eigenvalue weighted by atomic mass is 10.1. The number of likely N-dealkylation sites (N-methyl/N-ethyl adjacent to an activating group) is 1. The molecule has 2 N–H and O–H groups in total. The van der Waals surface area contributed by atoms with E-state index in [4.69, 9.17) is 9.84 Å². The zero-order chi connectivity index (χ0) is 14.1. The zero-order valence-electron chi connectivity index (χ0n) is 11.7. The van der Waals surface area contributed by atoms with Gasteiger partial charge in [0.1, 0.15) is 5.82 Å². The maximum Gasteiger partial charge on any atom is 0.146 e. The molecule has 0 amide bonds. The van der Waals surface area contributed by atoms with E-state index in [0.29, 0.717) is 31.9 Å². The highest BCUT2D eigenvalue weighted by molar-refractivity contribution is 5.54. The second-order valence-electron chi connectivity index (χ2n) is 4.22. The molecule has 0 aliphatic carbocycles. The highest BCUT2D eigenvalue weighted by atomic mass is 19.1. The number of hydrogen-bond acceptors (Lipinski definition) is 4. The first kappa shape index (κ1) is 15.9. The number of hydrogen-bond donors (Lipinski definition) is 2. The number of nitrogens with one attached hydrogen (secondary N) is 1. The largest absolute Gasteiger partial charge is 0.395 e. The molecule has 0 saturated heterocycles. The molecule has 1 rings (SSSR count). The number of methoxy groups -OCH3 is 1. The van der Waals surface area contributed by atoms with Gasteiger partial charge in [-0.15, -0.1) is 0 Å². The average Bonchev–Trinajstić information content (AvgIpc) is 2.42. The van der Waals surface area contributed by atoms with Crippen molar-refractivity contribution in [2.75, 3.05) is 44.9 Å². The summed E-state index contributed by atoms with van der Waals surface area (Å²) in [5.74, 6) is -0.249. The number of para-hydroxylation sites is 1. The Hall–Kier alpha value is -1.17. The maximum atomic E-state index is 14.0. The van der Waals surface area contributed by atoms with Crippen molar-refractivity contribution >= 4 is 5.69 Å². The first-order valence-electron chi connectivity index (χ1n) is 6.57. The Labute approximate surface area is 114 Å². The molecule has 0 spiro atoms. The van der Waals surface area contributed by atoms with Crippen LogP contribution in [-0.4, -0.2) is 45.1 Å². The van der Waals surface area contributed by atoms with Crippen LogP contribution in [0, 0.1) is 5.82 Å². The van der Waals surface area contributed by atoms with E-state index in [2.05, 4.69) is 5.32 Å². The third kappa shape index (κ3) is 4.78. The molecule has 19 heavy (non-hydrogen) atoms. The van der Waals surface area contributed by atoms with Gasteiger partial charge in [0.25, 0.3) is 0 Å². The first-order chi connectivity index (χ1) is 9.24. The normalized spacial score (nSPS) is 10.7. The summed E-state index contributed by atoms with van der Waals surface area (Å²) in [6.45, 7) is 4.98. The van der Waals surface area contributed by atoms with Gasteiger partial charge in [-0.2, -0.15) is 0 Å². The molecule has 0 aromatic heterocycles. The van der Waals surface area contributed by atoms with Crippen molar-refractivity contribution in [1.29, 1.82) is 0 Å². The summed E-state index contributed by atoms with van der Waals surface area (Å²) in [7, 11) is 1.65. The monoisotopic (exact) mass is 270 g/mol. The molecule has 4 nitrogen and oxygen atoms in total. The summed E-state index contributed by atoms with van der Waals surface area (Å²) in [5.41, 5.74) is 1.47. The van der Waals surface area contributed by atoms with Crippen molar-refractivity contribution in [2.24, 2.45) is 0 Å². The lowest BCUT2D eigenvalue weighted by Crippen LogP contribution is -2.29. The molecule has 0 radical (unpaired) electrons. The van der Waals surface area contributed by atoms with Crippen molar-refractivity contribution in [2.45, 2.75) is 13.5 Å². The number of halogens is 1. The van der Waals surface area contributed by atoms with E-state index in [1.807, 2.05) is 17.9 Å². The SMILES string of the molecule is CCN(CCO)c1c(F)cccc1CNCCOC. The summed E-state index contributed by atoms with van der Waals surface area (Å²) in [5, 5.41) is 12.3. The average molecular weight is 270 g/mol. The lowest BCUT2D eigenvalue weighted by molar-refractivity contribution is 0.199. The van der Waals surface area contributed by atoms with E-state index in [9.17, 15) is 4.39 Å². The van der Waals surface area contributed by atoms with Gasteiger partial charge in [0.2, 0.25) is 0 Å². The molecule has 1 aromatic rings. The molecule has 0 saturated carbocycles. The number of anilines is 1. The fraction of sp³-hybridized carbons (Fsp3) is 0.571. The van der Waals surface area contributed by atoms with Crippen LogP contribution in [0.3, 0.4) is 0 Å². The third-order valence-corrected chi connectivity index (χ3v) is 2.94. The molecule has 0 atom stereocenters. The number of benzene rings is 1. The van der Waals surface area contributed by atoms with E-state index in [1.165, 1.54) is 6.07 Å². The van der Waals surface area contributed by atoms with Gasteiger partial charge in [0.05, 0.1) is 18.9 Å². The second kappa shape index (κ2) is 8.85. The van der Waals surface area contributed by atoms with Gasteiger partial charge in [0.15, 0.2) is 0 Å². The molecule has 0 aliphatic heterocycles. The van der Waals surface area contributed by atoms with Crippen molar-refractivity contribution in [1.82, 2.24) is 5.32 Å². The fourth-order valence-electron chi connectivity index (χ4n) is 2.00. The maximum absolute atomic E-state index is 14.0. The molecule has 0 fully saturated rings. The number of rotatable bonds is 9. The first-order valence-corrected chi connectivity index (χ1v) is 6.57. The standard InChI is InChI=1S/C14H23FN2O2/c1-3-17(8-9-18)14-12(5-4-6-13(14)15)11-16-7-10-19-2/h4-6,16,18H,3,7-11H2,1-2H3. The van der Waals surface area contributed by atoms with Gasteiger partial charge in [-0.25, -0.2) is 4.39 Å². The van der Waals surface area contributed by atoms with Gasteiger partial charge >= 0.3 is 0 Å². The summed E-state index contributed by atoms with van der Waals surface area (Å²) in [6.07, 6.45) is 0. The quantitative estimate of drug-likeness (QED) is 0.665. The Kier molecular flexibility index (Phi) is 7.40. The number of aliphatic hydroxyl groups is 1. The fourth-order valence-corrected chi connectivity index (χ4v) is 2.00. The van der Waals surface area contributed by atoms with Crippen LogP contribution in [0.25, 0.3) is 0 Å². The van der Waals surface area contributed by atoms with Crippen LogP contribution in [0.1, 0.15) is 12.5 Å². The van der Waals surface area contributed by atoms with Crippen LogP contribution >= 0.6 is 0 Å². The number of nitrogens with zero attached hydrogens (tertiary/aromatic N) is 1. The molecule has 5 heteroatoms. The number of ether oxygens (including phenoxy) is 1. The Bertz CT molecular complexity index is 374. The van der Waals surface area contributed by atoms with Crippen LogP contribution in [0.15, 0.2) is 18.2 Å². The van der Waals surface area contributed by atoms with Crippen molar-refractivity contribution in [3.63, 3.8) is 0 Å². The van der Waals surface area contributed by atoms with Gasteiger partial charge in [0, 0.05) is 33.3 Å². The summed E-state index contributed by atoms with van der Waals surface area (Å²) >= 11 is 0. The molecular weight excluding hydrogens is 247 g/mol. The van der Waals surface area contributed by atoms with Crippen LogP contribution in [0.4, 0.5) is 10.1 Å². The van der Waals surface area contributed by atoms with E-state index < -0.39 is 0 Å². The molecule has 0 aliphatic rings. The van der Waals surface area contributed by atoms with E-state index >= 15 is 0 Å². The van der Waals surface area contributed by atoms with Crippen molar-refractivity contribution < 1.29 is 14.2 Å². The smallest absolute Gasteiger partial charge is 0.146 e. The van der Waals surface area contributed by atoms with Crippen LogP contribution < -0.4 is 10.2 Å². The Morgan fingerprint density at radius 2 is 2.21 bits per heavy atom. The highest BCUT2D eigenvalue weighted by Crippen LogP contribution is 2.24. The second-order valence-corrected chi connectivity index (χ2v) is 4.22. The van der Waals surface area contributed by atoms with Gasteiger partial charge in [-0.05, 0) is 18.6 Å². The minimum atomic E-state index is -0.249. The Balaban J connectivity index is 2.81. The molecule has 1 aromatic carbocycles. The van der Waals surface area contributed by atoms with E-state index in [0.717, 1.165) is 12.1 Å². The summed E-state index contributed by atoms with van der Waals surface area (Å²) < 4.78 is 19.0. The summed E-state index contributed by atoms with van der Waals surface area (Å²) in [6, 6.07) is 5.06. The highest BCUT2D eigenvalue weighted by Gasteiger charge is 2.14. The van der Waals surface area contributed by atoms with Crippen LogP contribution in [0.5, 0.6) is 0 Å². The lowest BCUT2D eigenvalue weighted by Gasteiger charge is -2.25. The Morgan fingerprint density at radius 3 is 2.84 bits per heavy atom. The predicted octanol–water partition coefficient (Wildman–Crippen LogP) is 1.38. The molecule has 0 unspecified atom stereocenters. The molecule has 0 bridgehead atoms. The van der Waals surface area contributed by atoms with Gasteiger partial charge in [-0.3, -0.25) is 0 Å². The molecule has 0 heterocycles. The summed E-state index contributed by atoms with van der Waals surface area (Å²) in [4.78, 5) is 1.85. The van der Waals surface area contributed by atoms with E-state index in [1.54, 1.807) is 13.2 Å². The van der Waals surface area contributed by atoms with E-state index in [-0.39, 0.29) is 12.4 Å². The van der Waals surface area contributed by atoms with Gasteiger partial charge in [-0.1, -0.05) is 12.1 Å². The minimum Gasteiger partial charge on any atom is -0.395 e. The third-order valence-electron chi connectivity index (χ3n) is 2.94. The molecule has 108 valence electrons. The topological polar surface area (TPSA) is 44.7 Å². The van der Waals surface area contributed by atoms with Gasteiger partial charge < -0.3 is 20.1 Å². The molecular formula is C14H23FN2O2. The van der Waals surface area contributed by atoms with Crippen LogP contribution in [0.2, 0.25) is 0 Å². The Morgan fingerprint density at radius 1 is 1.42 bits per heavy atom. The van der Waals surface area contributed by atoms with Crippen molar-refractivity contribution in [3.05, 3.63) is 29.6 Å². The zero-order valence-corrected chi connectivity index (χ0v) is 11.7. The predicted molar refractivity (Wildman–Crippen MR) is 75.0 cm³/mol. The minimum absolute atomic E-state index is 0.0126. The number of aliphatic hydroxyl groups excluding tert-OH is 1. The van der Waals surface area contributed by atoms with Crippen LogP contribution in [-0.2, 0) is 11.3 Å².